The molecule has 14 nitrogen and oxygen atoms in total. The number of carbonyl (C=O) groups is 3. The van der Waals surface area contributed by atoms with Crippen molar-refractivity contribution in [1.82, 2.24) is 30.1 Å². The van der Waals surface area contributed by atoms with Gasteiger partial charge in [-0.05, 0) is 111 Å². The van der Waals surface area contributed by atoms with Crippen molar-refractivity contribution < 1.29 is 33.0 Å². The van der Waals surface area contributed by atoms with Crippen molar-refractivity contribution in [3.8, 4) is 35.4 Å². The number of aromatic hydroxyl groups is 1. The van der Waals surface area contributed by atoms with Gasteiger partial charge in [-0.2, -0.15) is 9.97 Å². The number of anilines is 3. The summed E-state index contributed by atoms with van der Waals surface area (Å²) in [6, 6.07) is 11.5. The predicted molar refractivity (Wildman–Crippen MR) is 286 cm³/mol. The number of ether oxygens (including phenoxy) is 1. The number of hydrogen-bond acceptors (Lipinski definition) is 12. The maximum atomic E-state index is 17.1. The fourth-order valence-electron chi connectivity index (χ4n) is 11.2. The van der Waals surface area contributed by atoms with E-state index < -0.39 is 23.6 Å². The number of imide groups is 1. The molecule has 2 aromatic heterocycles. The van der Waals surface area contributed by atoms with E-state index >= 15 is 8.78 Å². The van der Waals surface area contributed by atoms with E-state index in [0.717, 1.165) is 115 Å². The second kappa shape index (κ2) is 22.2. The standard InChI is InChI=1S/C53H59F2N9O5.C5H12/c1-5-39-42(54)10-8-35-26-38(66)27-40(46(35)39)48-47(55)49-41(28-56-48)50(63-18-6-7-32(2)29-63)59-52(58-49)69-31-53(16-17-53)30-60-21-23-62(24-22-60)36-14-19-61(20-15-36)37-9-11-43(33(3)25-37)64(34(4)65)44-12-13-45(67)57-51(44)68;1-4-5(2)3/h1,8-11,25-28,32,36,44,66H,6-7,12-24,29-31H2,2-4H3,(H,57,67,68);5H,4H2,1-3H3. The molecule has 1 aliphatic carbocycles. The Bertz CT molecular complexity index is 2960. The fraction of sp³-hybridized carbons (Fsp3) is 0.517. The lowest BCUT2D eigenvalue weighted by Crippen LogP contribution is -2.54. The number of piperidine rings is 3. The summed E-state index contributed by atoms with van der Waals surface area (Å²) < 4.78 is 38.6. The SMILES string of the molecule is C#Cc1c(F)ccc2cc(O)cc(-c3ncc4c(N5CCCC(C)C5)nc(OCC5(CN6CCN(C7CCN(c8ccc(N(C(C)=O)C9CCC(=O)NC9=O)c(C)c8)CC7)CC6)CC5)nc4c3F)c12.CCC(C)C. The van der Waals surface area contributed by atoms with Gasteiger partial charge in [-0.15, -0.1) is 6.42 Å². The van der Waals surface area contributed by atoms with Gasteiger partial charge in [0.25, 0.3) is 0 Å². The van der Waals surface area contributed by atoms with Crippen LogP contribution in [0.2, 0.25) is 0 Å². The third-order valence-corrected chi connectivity index (χ3v) is 15.9. The van der Waals surface area contributed by atoms with Crippen LogP contribution in [0.25, 0.3) is 32.9 Å². The number of nitrogens with one attached hydrogen (secondary N) is 1. The molecule has 2 unspecified atom stereocenters. The molecule has 4 aliphatic heterocycles. The highest BCUT2D eigenvalue weighted by Gasteiger charge is 2.46. The minimum Gasteiger partial charge on any atom is -0.508 e. The Balaban J connectivity index is 0.00000128. The number of pyridine rings is 1. The first-order chi connectivity index (χ1) is 35.5. The van der Waals surface area contributed by atoms with Gasteiger partial charge in [0.15, 0.2) is 5.82 Å². The summed E-state index contributed by atoms with van der Waals surface area (Å²) in [5.41, 5.74) is 2.70. The van der Waals surface area contributed by atoms with Crippen molar-refractivity contribution in [2.24, 2.45) is 17.3 Å². The maximum absolute atomic E-state index is 17.1. The van der Waals surface area contributed by atoms with Gasteiger partial charge in [-0.3, -0.25) is 34.5 Å². The summed E-state index contributed by atoms with van der Waals surface area (Å²) in [6.45, 7) is 20.8. The van der Waals surface area contributed by atoms with E-state index in [1.165, 1.54) is 42.5 Å². The molecule has 5 aliphatic rings. The van der Waals surface area contributed by atoms with Crippen LogP contribution in [-0.2, 0) is 14.4 Å². The largest absolute Gasteiger partial charge is 0.508 e. The Hall–Kier alpha value is -6.44. The molecule has 2 N–H and O–H groups in total. The van der Waals surface area contributed by atoms with Crippen molar-refractivity contribution in [3.05, 3.63) is 71.4 Å². The average molecular weight is 1010 g/mol. The molecule has 6 heterocycles. The van der Waals surface area contributed by atoms with Crippen molar-refractivity contribution in [3.63, 3.8) is 0 Å². The molecule has 1 saturated carbocycles. The van der Waals surface area contributed by atoms with E-state index in [-0.39, 0.29) is 63.1 Å². The first kappa shape index (κ1) is 52.4. The Morgan fingerprint density at radius 1 is 0.986 bits per heavy atom. The van der Waals surface area contributed by atoms with Gasteiger partial charge in [-0.25, -0.2) is 8.78 Å². The maximum Gasteiger partial charge on any atom is 0.319 e. The zero-order chi connectivity index (χ0) is 52.4. The molecular weight excluding hydrogens is 941 g/mol. The van der Waals surface area contributed by atoms with Gasteiger partial charge >= 0.3 is 6.01 Å². The number of rotatable bonds is 12. The van der Waals surface area contributed by atoms with Gasteiger partial charge in [0.05, 0.1) is 17.6 Å². The van der Waals surface area contributed by atoms with Crippen molar-refractivity contribution >= 4 is 56.6 Å². The van der Waals surface area contributed by atoms with Gasteiger partial charge in [0.1, 0.15) is 34.6 Å². The second-order valence-corrected chi connectivity index (χ2v) is 21.8. The number of carbonyl (C=O) groups excluding carboxylic acids is 3. The number of nitrogens with zero attached hydrogens (tertiary/aromatic N) is 8. The lowest BCUT2D eigenvalue weighted by atomic mass is 9.95. The molecule has 3 amide bonds. The zero-order valence-electron chi connectivity index (χ0n) is 43.9. The quantitative estimate of drug-likeness (QED) is 0.0908. The van der Waals surface area contributed by atoms with Crippen LogP contribution in [-0.4, -0.2) is 125 Å². The summed E-state index contributed by atoms with van der Waals surface area (Å²) >= 11 is 0. The monoisotopic (exact) mass is 1010 g/mol. The third-order valence-electron chi connectivity index (χ3n) is 15.9. The van der Waals surface area contributed by atoms with Crippen molar-refractivity contribution in [2.75, 3.05) is 80.2 Å². The molecular formula is C58H71F2N9O5. The first-order valence-electron chi connectivity index (χ1n) is 26.7. The molecule has 4 saturated heterocycles. The zero-order valence-corrected chi connectivity index (χ0v) is 43.9. The van der Waals surface area contributed by atoms with E-state index in [0.29, 0.717) is 47.3 Å². The van der Waals surface area contributed by atoms with Crippen LogP contribution in [0.3, 0.4) is 0 Å². The second-order valence-electron chi connectivity index (χ2n) is 21.8. The van der Waals surface area contributed by atoms with Crippen LogP contribution in [0.1, 0.15) is 104 Å². The molecule has 392 valence electrons. The number of phenolic OH excluding ortho intramolecular Hbond substituents is 1. The molecule has 2 atom stereocenters. The Morgan fingerprint density at radius 2 is 1.73 bits per heavy atom. The summed E-state index contributed by atoms with van der Waals surface area (Å²) in [5.74, 6) is 1.81. The lowest BCUT2D eigenvalue weighted by molar-refractivity contribution is -0.135. The van der Waals surface area contributed by atoms with E-state index in [1.807, 2.05) is 19.1 Å². The highest BCUT2D eigenvalue weighted by atomic mass is 19.1. The summed E-state index contributed by atoms with van der Waals surface area (Å²) in [6.07, 6.45) is 15.3. The van der Waals surface area contributed by atoms with Crippen LogP contribution in [0.5, 0.6) is 11.8 Å². The normalized spacial score (nSPS) is 20.5. The molecule has 10 rings (SSSR count). The van der Waals surface area contributed by atoms with Crippen LogP contribution in [0.15, 0.2) is 48.7 Å². The Kier molecular flexibility index (Phi) is 15.7. The van der Waals surface area contributed by atoms with E-state index in [1.54, 1.807) is 6.20 Å². The smallest absolute Gasteiger partial charge is 0.319 e. The number of amides is 3. The number of phenols is 1. The number of aromatic nitrogens is 3. The highest BCUT2D eigenvalue weighted by molar-refractivity contribution is 6.07. The summed E-state index contributed by atoms with van der Waals surface area (Å²) in [5, 5.41) is 14.2. The summed E-state index contributed by atoms with van der Waals surface area (Å²) in [4.78, 5) is 62.7. The molecule has 74 heavy (non-hydrogen) atoms. The molecule has 3 aromatic carbocycles. The molecule has 16 heteroatoms. The number of terminal acetylenes is 1. The van der Waals surface area contributed by atoms with Crippen LogP contribution >= 0.6 is 0 Å². The number of aryl methyl sites for hydroxylation is 1. The lowest BCUT2D eigenvalue weighted by Gasteiger charge is -2.44. The number of fused-ring (bicyclic) bond motifs is 2. The number of benzene rings is 3. The van der Waals surface area contributed by atoms with Gasteiger partial charge in [0.2, 0.25) is 17.7 Å². The molecule has 0 spiro atoms. The third kappa shape index (κ3) is 11.3. The summed E-state index contributed by atoms with van der Waals surface area (Å²) in [7, 11) is 0. The Labute approximate surface area is 433 Å². The molecule has 0 bridgehead atoms. The number of halogens is 2. The van der Waals surface area contributed by atoms with Crippen LogP contribution < -0.4 is 24.8 Å². The molecule has 5 aromatic rings. The number of hydrogen-bond donors (Lipinski definition) is 2. The van der Waals surface area contributed by atoms with Gasteiger partial charge in [0, 0.05) is 112 Å². The molecule has 5 fully saturated rings. The fourth-order valence-corrected chi connectivity index (χ4v) is 11.2. The number of piperazine rings is 1. The molecule has 0 radical (unpaired) electrons. The van der Waals surface area contributed by atoms with Gasteiger partial charge in [-0.1, -0.05) is 46.1 Å². The highest BCUT2D eigenvalue weighted by Crippen LogP contribution is 2.47. The Morgan fingerprint density at radius 3 is 2.38 bits per heavy atom. The first-order valence-corrected chi connectivity index (χ1v) is 26.7. The topological polar surface area (TPSA) is 148 Å². The van der Waals surface area contributed by atoms with E-state index in [4.69, 9.17) is 21.1 Å². The van der Waals surface area contributed by atoms with Crippen molar-refractivity contribution in [1.29, 1.82) is 0 Å². The van der Waals surface area contributed by atoms with E-state index in [9.17, 15) is 19.5 Å². The van der Waals surface area contributed by atoms with Crippen LogP contribution in [0.4, 0.5) is 26.0 Å². The van der Waals surface area contributed by atoms with Gasteiger partial charge < -0.3 is 24.5 Å². The minimum atomic E-state index is -0.732. The minimum absolute atomic E-state index is 0.0382. The van der Waals surface area contributed by atoms with E-state index in [2.05, 4.69) is 69.6 Å². The predicted octanol–water partition coefficient (Wildman–Crippen LogP) is 9.01. The van der Waals surface area contributed by atoms with Crippen molar-refractivity contribution in [2.45, 2.75) is 111 Å². The average Bonchev–Trinajstić information content (AvgIpc) is 4.16. The van der Waals surface area contributed by atoms with Crippen LogP contribution in [0, 0.1) is 48.2 Å².